The van der Waals surface area contributed by atoms with Gasteiger partial charge in [0.25, 0.3) is 0 Å². The topological polar surface area (TPSA) is 91.0 Å². The summed E-state index contributed by atoms with van der Waals surface area (Å²) in [6, 6.07) is 2.54. The van der Waals surface area contributed by atoms with Crippen molar-refractivity contribution in [2.75, 3.05) is 20.3 Å². The number of hydrogen-bond donors (Lipinski definition) is 2. The van der Waals surface area contributed by atoms with Crippen molar-refractivity contribution in [1.82, 2.24) is 0 Å². The van der Waals surface area contributed by atoms with Gasteiger partial charge in [-0.05, 0) is 6.07 Å². The lowest BCUT2D eigenvalue weighted by atomic mass is 10.0. The molecule has 0 fully saturated rings. The number of carboxylic acids is 1. The van der Waals surface area contributed by atoms with Crippen molar-refractivity contribution in [3.05, 3.63) is 17.7 Å². The molecule has 1 aromatic rings. The van der Waals surface area contributed by atoms with Gasteiger partial charge < -0.3 is 25.1 Å². The van der Waals surface area contributed by atoms with Crippen LogP contribution in [0.25, 0.3) is 0 Å². The van der Waals surface area contributed by atoms with Gasteiger partial charge in [0, 0.05) is 18.4 Å². The molecule has 104 valence electrons. The molecule has 6 nitrogen and oxygen atoms in total. The summed E-state index contributed by atoms with van der Waals surface area (Å²) < 4.78 is 16.5. The second kappa shape index (κ2) is 5.79. The quantitative estimate of drug-likeness (QED) is 0.839. The van der Waals surface area contributed by atoms with Crippen LogP contribution in [0.5, 0.6) is 17.2 Å². The zero-order chi connectivity index (χ0) is 13.8. The van der Waals surface area contributed by atoms with Gasteiger partial charge in [-0.3, -0.25) is 4.79 Å². The van der Waals surface area contributed by atoms with E-state index in [2.05, 4.69) is 0 Å². The standard InChI is InChI=1S/C13H17NO5/c1-17-11-8(7-9(14)13(15)16)3-4-10-12(11)19-6-2-5-18-10/h3-4,9H,2,5-7,14H2,1H3,(H,15,16). The Balaban J connectivity index is 2.34. The zero-order valence-corrected chi connectivity index (χ0v) is 10.7. The third-order valence-corrected chi connectivity index (χ3v) is 2.91. The maximum atomic E-state index is 10.8. The summed E-state index contributed by atoms with van der Waals surface area (Å²) in [5.41, 5.74) is 6.25. The molecule has 0 aliphatic carbocycles. The second-order valence-corrected chi connectivity index (χ2v) is 4.28. The van der Waals surface area contributed by atoms with E-state index in [4.69, 9.17) is 25.1 Å². The molecule has 1 aliphatic rings. The van der Waals surface area contributed by atoms with Gasteiger partial charge in [-0.25, -0.2) is 0 Å². The van der Waals surface area contributed by atoms with Crippen LogP contribution in [0.15, 0.2) is 12.1 Å². The molecule has 1 atom stereocenters. The number of rotatable bonds is 4. The van der Waals surface area contributed by atoms with Gasteiger partial charge in [-0.15, -0.1) is 0 Å². The first kappa shape index (κ1) is 13.5. The highest BCUT2D eigenvalue weighted by atomic mass is 16.5. The van der Waals surface area contributed by atoms with E-state index in [1.54, 1.807) is 12.1 Å². The van der Waals surface area contributed by atoms with Gasteiger partial charge in [0.05, 0.1) is 20.3 Å². The Kier molecular flexibility index (Phi) is 4.11. The number of carbonyl (C=O) groups is 1. The first-order valence-corrected chi connectivity index (χ1v) is 6.07. The normalized spacial score (nSPS) is 15.5. The van der Waals surface area contributed by atoms with E-state index in [0.29, 0.717) is 36.0 Å². The first-order valence-electron chi connectivity index (χ1n) is 6.07. The zero-order valence-electron chi connectivity index (χ0n) is 10.7. The molecule has 0 amide bonds. The van der Waals surface area contributed by atoms with Crippen LogP contribution in [0.4, 0.5) is 0 Å². The van der Waals surface area contributed by atoms with Gasteiger partial charge in [0.2, 0.25) is 5.75 Å². The Morgan fingerprint density at radius 2 is 2.21 bits per heavy atom. The summed E-state index contributed by atoms with van der Waals surface area (Å²) in [6.07, 6.45) is 0.969. The van der Waals surface area contributed by atoms with Crippen molar-refractivity contribution >= 4 is 5.97 Å². The summed E-state index contributed by atoms with van der Waals surface area (Å²) in [4.78, 5) is 10.8. The molecule has 0 radical (unpaired) electrons. The molecule has 0 bridgehead atoms. The fraction of sp³-hybridized carbons (Fsp3) is 0.462. The SMILES string of the molecule is COc1c(CC(N)C(=O)O)ccc2c1OCCCO2. The molecule has 6 heteroatoms. The molecule has 19 heavy (non-hydrogen) atoms. The Morgan fingerprint density at radius 3 is 2.89 bits per heavy atom. The van der Waals surface area contributed by atoms with Crippen molar-refractivity contribution in [2.45, 2.75) is 18.9 Å². The highest BCUT2D eigenvalue weighted by Gasteiger charge is 2.22. The first-order chi connectivity index (χ1) is 9.13. The number of hydrogen-bond acceptors (Lipinski definition) is 5. The van der Waals surface area contributed by atoms with Crippen LogP contribution in [0.1, 0.15) is 12.0 Å². The van der Waals surface area contributed by atoms with E-state index in [-0.39, 0.29) is 6.42 Å². The molecule has 0 saturated carbocycles. The molecule has 2 rings (SSSR count). The summed E-state index contributed by atoms with van der Waals surface area (Å²) >= 11 is 0. The minimum absolute atomic E-state index is 0.176. The van der Waals surface area contributed by atoms with Crippen LogP contribution in [-0.2, 0) is 11.2 Å². The number of fused-ring (bicyclic) bond motifs is 1. The average Bonchev–Trinajstić information content (AvgIpc) is 2.63. The molecule has 1 aliphatic heterocycles. The number of nitrogens with two attached hydrogens (primary N) is 1. The van der Waals surface area contributed by atoms with Gasteiger partial charge in [0.15, 0.2) is 11.5 Å². The van der Waals surface area contributed by atoms with E-state index >= 15 is 0 Å². The second-order valence-electron chi connectivity index (χ2n) is 4.28. The Bertz CT molecular complexity index is 474. The van der Waals surface area contributed by atoms with E-state index in [1.165, 1.54) is 7.11 Å². The highest BCUT2D eigenvalue weighted by Crippen LogP contribution is 2.41. The van der Waals surface area contributed by atoms with E-state index in [1.807, 2.05) is 0 Å². The maximum Gasteiger partial charge on any atom is 0.320 e. The molecule has 1 aromatic carbocycles. The number of ether oxygens (including phenoxy) is 3. The Labute approximate surface area is 111 Å². The van der Waals surface area contributed by atoms with E-state index < -0.39 is 12.0 Å². The molecule has 0 aromatic heterocycles. The molecule has 1 heterocycles. The summed E-state index contributed by atoms with van der Waals surface area (Å²) in [5, 5.41) is 8.87. The predicted octanol–water partition coefficient (Wildman–Crippen LogP) is 0.811. The number of aliphatic carboxylic acids is 1. The molecule has 3 N–H and O–H groups in total. The van der Waals surface area contributed by atoms with Gasteiger partial charge in [-0.2, -0.15) is 0 Å². The molecule has 0 spiro atoms. The fourth-order valence-corrected chi connectivity index (χ4v) is 1.96. The van der Waals surface area contributed by atoms with Crippen LogP contribution in [0.2, 0.25) is 0 Å². The molecular weight excluding hydrogens is 250 g/mol. The Morgan fingerprint density at radius 1 is 1.47 bits per heavy atom. The van der Waals surface area contributed by atoms with Crippen molar-refractivity contribution in [3.8, 4) is 17.2 Å². The third-order valence-electron chi connectivity index (χ3n) is 2.91. The molecular formula is C13H17NO5. The largest absolute Gasteiger partial charge is 0.492 e. The lowest BCUT2D eigenvalue weighted by Crippen LogP contribution is -2.32. The molecule has 0 saturated heterocycles. The minimum atomic E-state index is -1.05. The van der Waals surface area contributed by atoms with Crippen molar-refractivity contribution in [1.29, 1.82) is 0 Å². The number of benzene rings is 1. The monoisotopic (exact) mass is 267 g/mol. The van der Waals surface area contributed by atoms with Crippen LogP contribution >= 0.6 is 0 Å². The predicted molar refractivity (Wildman–Crippen MR) is 67.9 cm³/mol. The lowest BCUT2D eigenvalue weighted by molar-refractivity contribution is -0.138. The van der Waals surface area contributed by atoms with Crippen molar-refractivity contribution in [3.63, 3.8) is 0 Å². The van der Waals surface area contributed by atoms with E-state index in [9.17, 15) is 4.79 Å². The smallest absolute Gasteiger partial charge is 0.320 e. The van der Waals surface area contributed by atoms with Crippen LogP contribution in [0.3, 0.4) is 0 Å². The third kappa shape index (κ3) is 2.90. The lowest BCUT2D eigenvalue weighted by Gasteiger charge is -2.16. The summed E-state index contributed by atoms with van der Waals surface area (Å²) in [5.74, 6) is 0.586. The average molecular weight is 267 g/mol. The number of carboxylic acid groups (broad SMARTS) is 1. The minimum Gasteiger partial charge on any atom is -0.492 e. The van der Waals surface area contributed by atoms with E-state index in [0.717, 1.165) is 6.42 Å². The summed E-state index contributed by atoms with van der Waals surface area (Å²) in [6.45, 7) is 1.13. The summed E-state index contributed by atoms with van der Waals surface area (Å²) in [7, 11) is 1.51. The van der Waals surface area contributed by atoms with Crippen LogP contribution in [-0.4, -0.2) is 37.4 Å². The van der Waals surface area contributed by atoms with Crippen LogP contribution < -0.4 is 19.9 Å². The highest BCUT2D eigenvalue weighted by molar-refractivity contribution is 5.74. The fourth-order valence-electron chi connectivity index (χ4n) is 1.96. The van der Waals surface area contributed by atoms with Gasteiger partial charge in [-0.1, -0.05) is 6.07 Å². The van der Waals surface area contributed by atoms with Crippen molar-refractivity contribution in [2.24, 2.45) is 5.73 Å². The number of methoxy groups -OCH3 is 1. The van der Waals surface area contributed by atoms with Gasteiger partial charge in [0.1, 0.15) is 6.04 Å². The molecule has 1 unspecified atom stereocenters. The van der Waals surface area contributed by atoms with Gasteiger partial charge >= 0.3 is 5.97 Å². The maximum absolute atomic E-state index is 10.8. The Hall–Kier alpha value is -1.95. The van der Waals surface area contributed by atoms with Crippen molar-refractivity contribution < 1.29 is 24.1 Å². The van der Waals surface area contributed by atoms with Crippen LogP contribution in [0, 0.1) is 0 Å².